The van der Waals surface area contributed by atoms with E-state index >= 15 is 0 Å². The van der Waals surface area contributed by atoms with Gasteiger partial charge >= 0.3 is 13.6 Å². The Labute approximate surface area is 135 Å². The molecule has 1 N–H and O–H groups in total. The maximum absolute atomic E-state index is 12.4. The smallest absolute Gasteiger partial charge is 0.362 e. The number of aryl methyl sites for hydroxylation is 1. The molecule has 1 unspecified atom stereocenters. The molecule has 0 aliphatic rings. The fourth-order valence-electron chi connectivity index (χ4n) is 2.15. The molecule has 0 aliphatic carbocycles. The lowest BCUT2D eigenvalue weighted by Crippen LogP contribution is -2.15. The molecule has 122 valence electrons. The van der Waals surface area contributed by atoms with Crippen molar-refractivity contribution in [1.82, 2.24) is 0 Å². The molecule has 0 heterocycles. The van der Waals surface area contributed by atoms with Crippen molar-refractivity contribution in [3.05, 3.63) is 48.0 Å². The zero-order valence-corrected chi connectivity index (χ0v) is 14.2. The summed E-state index contributed by atoms with van der Waals surface area (Å²) in [7, 11) is -4.07. The van der Waals surface area contributed by atoms with Crippen LogP contribution < -0.4 is 10.0 Å². The number of hydrogen-bond acceptors (Lipinski definition) is 4. The minimum absolute atomic E-state index is 0.0207. The first-order chi connectivity index (χ1) is 10.8. The third-order valence-electron chi connectivity index (χ3n) is 3.21. The van der Waals surface area contributed by atoms with E-state index in [0.717, 1.165) is 16.7 Å². The van der Waals surface area contributed by atoms with Crippen LogP contribution in [0.2, 0.25) is 0 Å². The average Bonchev–Trinajstić information content (AvgIpc) is 2.48. The van der Waals surface area contributed by atoms with Crippen LogP contribution in [-0.2, 0) is 13.9 Å². The molecule has 6 heteroatoms. The molecule has 23 heavy (non-hydrogen) atoms. The Bertz CT molecular complexity index is 752. The molecular weight excluding hydrogens is 315 g/mol. The van der Waals surface area contributed by atoms with E-state index in [1.807, 2.05) is 31.2 Å². The van der Waals surface area contributed by atoms with Crippen molar-refractivity contribution < 1.29 is 23.5 Å². The summed E-state index contributed by atoms with van der Waals surface area (Å²) in [6, 6.07) is 12.5. The Morgan fingerprint density at radius 2 is 1.74 bits per heavy atom. The first-order valence-corrected chi connectivity index (χ1v) is 8.78. The van der Waals surface area contributed by atoms with Gasteiger partial charge in [-0.3, -0.25) is 9.36 Å². The lowest BCUT2D eigenvalue weighted by atomic mass is 10.0. The lowest BCUT2D eigenvalue weighted by Gasteiger charge is -2.16. The summed E-state index contributed by atoms with van der Waals surface area (Å²) >= 11 is 0. The second-order valence-electron chi connectivity index (χ2n) is 5.08. The summed E-state index contributed by atoms with van der Waals surface area (Å²) in [5.41, 5.74) is 2.75. The van der Waals surface area contributed by atoms with Gasteiger partial charge in [-0.1, -0.05) is 35.9 Å². The molecule has 0 fully saturated rings. The number of hydrogen-bond donors (Lipinski definition) is 1. The first-order valence-electron chi connectivity index (χ1n) is 7.21. The van der Waals surface area contributed by atoms with E-state index < -0.39 is 13.6 Å². The standard InChI is InChI=1S/C17H19O5P/c1-4-21-23(19,20)17-11-15(9-10-16(17)22-13(3)18)14-7-5-12(2)6-8-14/h5-11H,4H2,1-3H3,(H,19,20). The summed E-state index contributed by atoms with van der Waals surface area (Å²) < 4.78 is 22.4. The molecule has 0 amide bonds. The predicted molar refractivity (Wildman–Crippen MR) is 89.0 cm³/mol. The fourth-order valence-corrected chi connectivity index (χ4v) is 3.34. The van der Waals surface area contributed by atoms with Crippen LogP contribution in [0.1, 0.15) is 19.4 Å². The summed E-state index contributed by atoms with van der Waals surface area (Å²) in [4.78, 5) is 21.3. The van der Waals surface area contributed by atoms with Gasteiger partial charge in [-0.25, -0.2) is 0 Å². The highest BCUT2D eigenvalue weighted by Crippen LogP contribution is 2.44. The molecule has 0 saturated heterocycles. The van der Waals surface area contributed by atoms with Crippen LogP contribution in [-0.4, -0.2) is 17.5 Å². The zero-order chi connectivity index (χ0) is 17.0. The van der Waals surface area contributed by atoms with E-state index in [1.54, 1.807) is 13.0 Å². The van der Waals surface area contributed by atoms with Crippen LogP contribution in [0.3, 0.4) is 0 Å². The van der Waals surface area contributed by atoms with Gasteiger partial charge in [-0.15, -0.1) is 0 Å². The average molecular weight is 334 g/mol. The first kappa shape index (κ1) is 17.4. The second-order valence-corrected chi connectivity index (χ2v) is 6.86. The van der Waals surface area contributed by atoms with Crippen molar-refractivity contribution in [3.8, 4) is 16.9 Å². The minimum atomic E-state index is -4.07. The minimum Gasteiger partial charge on any atom is -0.426 e. The SMILES string of the molecule is CCOP(=O)(O)c1cc(-c2ccc(C)cc2)ccc1OC(C)=O. The van der Waals surface area contributed by atoms with Crippen molar-refractivity contribution in [1.29, 1.82) is 0 Å². The maximum atomic E-state index is 12.4. The van der Waals surface area contributed by atoms with Gasteiger partial charge in [0, 0.05) is 6.92 Å². The van der Waals surface area contributed by atoms with Crippen molar-refractivity contribution in [2.45, 2.75) is 20.8 Å². The third kappa shape index (κ3) is 4.29. The van der Waals surface area contributed by atoms with Crippen LogP contribution in [0.25, 0.3) is 11.1 Å². The van der Waals surface area contributed by atoms with Crippen LogP contribution in [0.5, 0.6) is 5.75 Å². The molecule has 0 aliphatic heterocycles. The Morgan fingerprint density at radius 1 is 1.13 bits per heavy atom. The molecule has 0 bridgehead atoms. The zero-order valence-electron chi connectivity index (χ0n) is 13.3. The van der Waals surface area contributed by atoms with Gasteiger partial charge in [-0.05, 0) is 37.1 Å². The number of rotatable bonds is 5. The van der Waals surface area contributed by atoms with Crippen LogP contribution >= 0.6 is 7.60 Å². The molecule has 2 aromatic carbocycles. The molecule has 1 atom stereocenters. The van der Waals surface area contributed by atoms with Gasteiger partial charge < -0.3 is 14.2 Å². The van der Waals surface area contributed by atoms with Crippen molar-refractivity contribution in [2.24, 2.45) is 0 Å². The molecule has 0 saturated carbocycles. The van der Waals surface area contributed by atoms with Crippen LogP contribution in [0, 0.1) is 6.92 Å². The Kier molecular flexibility index (Phi) is 5.37. The normalized spacial score (nSPS) is 13.4. The van der Waals surface area contributed by atoms with Crippen molar-refractivity contribution >= 4 is 18.9 Å². The van der Waals surface area contributed by atoms with Gasteiger partial charge in [0.15, 0.2) is 0 Å². The summed E-state index contributed by atoms with van der Waals surface area (Å²) in [6.07, 6.45) is 0. The Balaban J connectivity index is 2.54. The van der Waals surface area contributed by atoms with Gasteiger partial charge in [0.1, 0.15) is 11.1 Å². The lowest BCUT2D eigenvalue weighted by molar-refractivity contribution is -0.131. The highest BCUT2D eigenvalue weighted by Gasteiger charge is 2.28. The number of carbonyl (C=O) groups is 1. The molecule has 0 spiro atoms. The highest BCUT2D eigenvalue weighted by atomic mass is 31.2. The topological polar surface area (TPSA) is 72.8 Å². The van der Waals surface area contributed by atoms with Crippen LogP contribution in [0.15, 0.2) is 42.5 Å². The van der Waals surface area contributed by atoms with Crippen molar-refractivity contribution in [2.75, 3.05) is 6.61 Å². The molecule has 0 aromatic heterocycles. The number of carbonyl (C=O) groups excluding carboxylic acids is 1. The molecule has 2 rings (SSSR count). The van der Waals surface area contributed by atoms with E-state index in [-0.39, 0.29) is 17.7 Å². The van der Waals surface area contributed by atoms with Crippen LogP contribution in [0.4, 0.5) is 0 Å². The molecule has 5 nitrogen and oxygen atoms in total. The fraction of sp³-hybridized carbons (Fsp3) is 0.235. The number of ether oxygens (including phenoxy) is 1. The van der Waals surface area contributed by atoms with Gasteiger partial charge in [-0.2, -0.15) is 0 Å². The van der Waals surface area contributed by atoms with Gasteiger partial charge in [0.05, 0.1) is 6.61 Å². The van der Waals surface area contributed by atoms with Gasteiger partial charge in [0.2, 0.25) is 0 Å². The molecule has 0 radical (unpaired) electrons. The van der Waals surface area contributed by atoms with Gasteiger partial charge in [0.25, 0.3) is 0 Å². The third-order valence-corrected chi connectivity index (χ3v) is 4.77. The monoisotopic (exact) mass is 334 g/mol. The van der Waals surface area contributed by atoms with E-state index in [1.165, 1.54) is 19.1 Å². The summed E-state index contributed by atoms with van der Waals surface area (Å²) in [6.45, 7) is 4.91. The summed E-state index contributed by atoms with van der Waals surface area (Å²) in [5, 5.41) is -0.0207. The summed E-state index contributed by atoms with van der Waals surface area (Å²) in [5.74, 6) is -0.529. The number of benzene rings is 2. The second kappa shape index (κ2) is 7.09. The predicted octanol–water partition coefficient (Wildman–Crippen LogP) is 3.43. The van der Waals surface area contributed by atoms with E-state index in [9.17, 15) is 14.3 Å². The largest absolute Gasteiger partial charge is 0.426 e. The van der Waals surface area contributed by atoms with E-state index in [2.05, 4.69) is 0 Å². The van der Waals surface area contributed by atoms with E-state index in [0.29, 0.717) is 0 Å². The maximum Gasteiger partial charge on any atom is 0.362 e. The Hall–Kier alpha value is -1.94. The van der Waals surface area contributed by atoms with E-state index in [4.69, 9.17) is 9.26 Å². The van der Waals surface area contributed by atoms with Crippen molar-refractivity contribution in [3.63, 3.8) is 0 Å². The molecular formula is C17H19O5P. The highest BCUT2D eigenvalue weighted by molar-refractivity contribution is 7.61. The quantitative estimate of drug-likeness (QED) is 0.515. The molecule has 2 aromatic rings. The number of esters is 1. The Morgan fingerprint density at radius 3 is 2.30 bits per heavy atom.